The quantitative estimate of drug-likeness (QED) is 0.795. The molecule has 0 aliphatic carbocycles. The summed E-state index contributed by atoms with van der Waals surface area (Å²) in [7, 11) is 0. The maximum Gasteiger partial charge on any atom is 0.325 e. The van der Waals surface area contributed by atoms with Crippen molar-refractivity contribution in [1.29, 1.82) is 0 Å². The fourth-order valence-corrected chi connectivity index (χ4v) is 2.00. The first-order valence-corrected chi connectivity index (χ1v) is 6.08. The molecule has 0 aromatic heterocycles. The maximum atomic E-state index is 12.8. The molecule has 7 heteroatoms. The number of halogens is 1. The first-order chi connectivity index (χ1) is 9.49. The van der Waals surface area contributed by atoms with Crippen LogP contribution in [0, 0.1) is 5.82 Å². The molecule has 1 heterocycles. The van der Waals surface area contributed by atoms with E-state index in [1.807, 2.05) is 0 Å². The monoisotopic (exact) mass is 280 g/mol. The Balaban J connectivity index is 2.04. The number of carboxylic acid groups (broad SMARTS) is 1. The number of hydrogen-bond acceptors (Lipinski definition) is 3. The summed E-state index contributed by atoms with van der Waals surface area (Å²) in [5, 5.41) is 11.0. The number of imide groups is 1. The second kappa shape index (κ2) is 5.68. The van der Waals surface area contributed by atoms with Crippen LogP contribution < -0.4 is 5.32 Å². The number of urea groups is 1. The molecule has 20 heavy (non-hydrogen) atoms. The molecule has 0 bridgehead atoms. The lowest BCUT2D eigenvalue weighted by Crippen LogP contribution is -2.32. The Kier molecular flexibility index (Phi) is 3.97. The van der Waals surface area contributed by atoms with E-state index in [-0.39, 0.29) is 19.4 Å². The summed E-state index contributed by atoms with van der Waals surface area (Å²) in [6, 6.07) is 3.88. The summed E-state index contributed by atoms with van der Waals surface area (Å²) < 4.78 is 12.8. The van der Waals surface area contributed by atoms with Crippen LogP contribution in [-0.2, 0) is 9.59 Å². The van der Waals surface area contributed by atoms with Crippen LogP contribution in [0.1, 0.15) is 24.4 Å². The minimum Gasteiger partial charge on any atom is -0.481 e. The maximum absolute atomic E-state index is 12.8. The van der Waals surface area contributed by atoms with E-state index >= 15 is 0 Å². The Morgan fingerprint density at radius 2 is 1.95 bits per heavy atom. The van der Waals surface area contributed by atoms with E-state index in [1.165, 1.54) is 24.3 Å². The number of carbonyl (C=O) groups excluding carboxylic acids is 2. The summed E-state index contributed by atoms with van der Waals surface area (Å²) in [5.41, 5.74) is 0.491. The Morgan fingerprint density at radius 3 is 2.55 bits per heavy atom. The molecule has 1 saturated heterocycles. The van der Waals surface area contributed by atoms with E-state index in [0.717, 1.165) is 4.90 Å². The lowest BCUT2D eigenvalue weighted by molar-refractivity contribution is -0.137. The standard InChI is InChI=1S/C13H13FN2O4/c14-9-5-3-8(4-6-9)11-12(19)16(13(20)15-11)7-1-2-10(17)18/h3-6,11H,1-2,7H2,(H,15,20)(H,17,18). The third-order valence-corrected chi connectivity index (χ3v) is 3.00. The first kappa shape index (κ1) is 14.0. The van der Waals surface area contributed by atoms with Crippen molar-refractivity contribution >= 4 is 17.9 Å². The van der Waals surface area contributed by atoms with Gasteiger partial charge in [0.15, 0.2) is 0 Å². The topological polar surface area (TPSA) is 86.7 Å². The highest BCUT2D eigenvalue weighted by molar-refractivity contribution is 6.04. The third kappa shape index (κ3) is 2.93. The van der Waals surface area contributed by atoms with Gasteiger partial charge in [-0.15, -0.1) is 0 Å². The van der Waals surface area contributed by atoms with Crippen LogP contribution in [-0.4, -0.2) is 34.5 Å². The fraction of sp³-hybridized carbons (Fsp3) is 0.308. The van der Waals surface area contributed by atoms with Crippen LogP contribution in [0.5, 0.6) is 0 Å². The minimum atomic E-state index is -0.980. The average molecular weight is 280 g/mol. The highest BCUT2D eigenvalue weighted by Crippen LogP contribution is 2.22. The van der Waals surface area contributed by atoms with Crippen molar-refractivity contribution in [1.82, 2.24) is 10.2 Å². The molecule has 1 fully saturated rings. The van der Waals surface area contributed by atoms with Gasteiger partial charge in [-0.3, -0.25) is 14.5 Å². The second-order valence-electron chi connectivity index (χ2n) is 4.42. The molecule has 2 N–H and O–H groups in total. The molecule has 2 rings (SSSR count). The average Bonchev–Trinajstić information content (AvgIpc) is 2.67. The number of nitrogens with zero attached hydrogens (tertiary/aromatic N) is 1. The Hall–Kier alpha value is -2.44. The second-order valence-corrected chi connectivity index (χ2v) is 4.42. The Morgan fingerprint density at radius 1 is 1.30 bits per heavy atom. The van der Waals surface area contributed by atoms with Gasteiger partial charge in [0.25, 0.3) is 5.91 Å². The summed E-state index contributed by atoms with van der Waals surface area (Å²) >= 11 is 0. The molecule has 0 saturated carbocycles. The molecule has 1 atom stereocenters. The third-order valence-electron chi connectivity index (χ3n) is 3.00. The van der Waals surface area contributed by atoms with Crippen molar-refractivity contribution < 1.29 is 23.9 Å². The highest BCUT2D eigenvalue weighted by Gasteiger charge is 2.38. The number of amides is 3. The smallest absolute Gasteiger partial charge is 0.325 e. The van der Waals surface area contributed by atoms with E-state index in [2.05, 4.69) is 5.32 Å². The molecule has 3 amide bonds. The Labute approximate surface area is 114 Å². The van der Waals surface area contributed by atoms with Gasteiger partial charge >= 0.3 is 12.0 Å². The number of carboxylic acids is 1. The van der Waals surface area contributed by atoms with Gasteiger partial charge in [-0.05, 0) is 24.1 Å². The molecular formula is C13H13FN2O4. The van der Waals surface area contributed by atoms with E-state index in [0.29, 0.717) is 5.56 Å². The van der Waals surface area contributed by atoms with Crippen LogP contribution in [0.25, 0.3) is 0 Å². The van der Waals surface area contributed by atoms with Gasteiger partial charge in [-0.1, -0.05) is 12.1 Å². The molecule has 1 aromatic rings. The number of benzene rings is 1. The van der Waals surface area contributed by atoms with Crippen LogP contribution in [0.3, 0.4) is 0 Å². The predicted octanol–water partition coefficient (Wildman–Crippen LogP) is 1.28. The van der Waals surface area contributed by atoms with E-state index in [1.54, 1.807) is 0 Å². The van der Waals surface area contributed by atoms with Gasteiger partial charge in [-0.25, -0.2) is 9.18 Å². The number of rotatable bonds is 5. The zero-order chi connectivity index (χ0) is 14.7. The van der Waals surface area contributed by atoms with Crippen molar-refractivity contribution in [2.75, 3.05) is 6.54 Å². The summed E-state index contributed by atoms with van der Waals surface area (Å²) in [6.45, 7) is 0.0503. The van der Waals surface area contributed by atoms with Gasteiger partial charge in [-0.2, -0.15) is 0 Å². The zero-order valence-corrected chi connectivity index (χ0v) is 10.5. The highest BCUT2D eigenvalue weighted by atomic mass is 19.1. The van der Waals surface area contributed by atoms with E-state index in [4.69, 9.17) is 5.11 Å². The molecule has 6 nitrogen and oxygen atoms in total. The van der Waals surface area contributed by atoms with Crippen molar-refractivity contribution in [3.05, 3.63) is 35.6 Å². The number of hydrogen-bond donors (Lipinski definition) is 2. The van der Waals surface area contributed by atoms with Crippen molar-refractivity contribution in [3.63, 3.8) is 0 Å². The van der Waals surface area contributed by atoms with Crippen molar-refractivity contribution in [2.45, 2.75) is 18.9 Å². The summed E-state index contributed by atoms with van der Waals surface area (Å²) in [5.74, 6) is -1.86. The number of nitrogens with one attached hydrogen (secondary N) is 1. The molecular weight excluding hydrogens is 267 g/mol. The van der Waals surface area contributed by atoms with Crippen molar-refractivity contribution in [3.8, 4) is 0 Å². The molecule has 1 aliphatic rings. The van der Waals surface area contributed by atoms with Gasteiger partial charge in [0.05, 0.1) is 0 Å². The lowest BCUT2D eigenvalue weighted by atomic mass is 10.1. The molecule has 106 valence electrons. The molecule has 0 spiro atoms. The minimum absolute atomic E-state index is 0.0503. The normalized spacial score (nSPS) is 18.2. The fourth-order valence-electron chi connectivity index (χ4n) is 2.00. The molecule has 1 aliphatic heterocycles. The predicted molar refractivity (Wildman–Crippen MR) is 66.3 cm³/mol. The van der Waals surface area contributed by atoms with E-state index in [9.17, 15) is 18.8 Å². The first-order valence-electron chi connectivity index (χ1n) is 6.08. The molecule has 0 radical (unpaired) electrons. The zero-order valence-electron chi connectivity index (χ0n) is 10.5. The SMILES string of the molecule is O=C(O)CCCN1C(=O)NC(c2ccc(F)cc2)C1=O. The van der Waals surface area contributed by atoms with E-state index < -0.39 is 29.8 Å². The summed E-state index contributed by atoms with van der Waals surface area (Å²) in [6.07, 6.45) is 0.0862. The molecule has 1 unspecified atom stereocenters. The largest absolute Gasteiger partial charge is 0.481 e. The van der Waals surface area contributed by atoms with Gasteiger partial charge in [0.2, 0.25) is 0 Å². The van der Waals surface area contributed by atoms with Gasteiger partial charge in [0.1, 0.15) is 11.9 Å². The molecule has 1 aromatic carbocycles. The summed E-state index contributed by atoms with van der Waals surface area (Å²) in [4.78, 5) is 35.2. The Bertz CT molecular complexity index is 544. The van der Waals surface area contributed by atoms with Crippen molar-refractivity contribution in [2.24, 2.45) is 0 Å². The lowest BCUT2D eigenvalue weighted by Gasteiger charge is -2.12. The van der Waals surface area contributed by atoms with Crippen LogP contribution in [0.4, 0.5) is 9.18 Å². The van der Waals surface area contributed by atoms with Crippen LogP contribution >= 0.6 is 0 Å². The van der Waals surface area contributed by atoms with Gasteiger partial charge < -0.3 is 10.4 Å². The van der Waals surface area contributed by atoms with Crippen LogP contribution in [0.2, 0.25) is 0 Å². The van der Waals surface area contributed by atoms with Gasteiger partial charge in [0, 0.05) is 13.0 Å². The number of carbonyl (C=O) groups is 3. The number of aliphatic carboxylic acids is 1. The van der Waals surface area contributed by atoms with Crippen LogP contribution in [0.15, 0.2) is 24.3 Å².